The maximum atomic E-state index is 6.19. The van der Waals surface area contributed by atoms with Crippen molar-refractivity contribution in [3.05, 3.63) is 38.4 Å². The van der Waals surface area contributed by atoms with Crippen LogP contribution in [0.5, 0.6) is 0 Å². The molecule has 0 spiro atoms. The first-order valence-electron chi connectivity index (χ1n) is 4.55. The molecular weight excluding hydrogens is 313 g/mol. The predicted octanol–water partition coefficient (Wildman–Crippen LogP) is 4.45. The standard InChI is InChI=1S/C11H8BrCl2NO/c1-16-5-6-4-9(14)10-7(12)2-3-8(13)11(10)15-6/h2-4H,5H2,1H3. The summed E-state index contributed by atoms with van der Waals surface area (Å²) in [5.74, 6) is 0. The average Bonchev–Trinajstić information content (AvgIpc) is 2.23. The minimum atomic E-state index is 0.415. The molecule has 5 heteroatoms. The van der Waals surface area contributed by atoms with E-state index >= 15 is 0 Å². The largest absolute Gasteiger partial charge is 0.378 e. The molecule has 0 aliphatic heterocycles. The van der Waals surface area contributed by atoms with E-state index < -0.39 is 0 Å². The number of aromatic nitrogens is 1. The monoisotopic (exact) mass is 319 g/mol. The second-order valence-electron chi connectivity index (χ2n) is 3.28. The van der Waals surface area contributed by atoms with Crippen LogP contribution in [0, 0.1) is 0 Å². The molecule has 0 N–H and O–H groups in total. The number of benzene rings is 1. The van der Waals surface area contributed by atoms with Crippen molar-refractivity contribution in [2.45, 2.75) is 6.61 Å². The van der Waals surface area contributed by atoms with Crippen LogP contribution in [-0.4, -0.2) is 12.1 Å². The molecule has 0 saturated heterocycles. The van der Waals surface area contributed by atoms with Crippen LogP contribution in [0.15, 0.2) is 22.7 Å². The first kappa shape index (κ1) is 12.1. The Kier molecular flexibility index (Phi) is 3.70. The van der Waals surface area contributed by atoms with Crippen LogP contribution in [0.1, 0.15) is 5.69 Å². The zero-order valence-corrected chi connectivity index (χ0v) is 11.5. The van der Waals surface area contributed by atoms with Gasteiger partial charge in [0.1, 0.15) is 0 Å². The molecular formula is C11H8BrCl2NO. The third-order valence-electron chi connectivity index (χ3n) is 2.16. The maximum Gasteiger partial charge on any atom is 0.0918 e. The van der Waals surface area contributed by atoms with E-state index in [1.165, 1.54) is 0 Å². The number of methoxy groups -OCH3 is 1. The molecule has 84 valence electrons. The number of nitrogens with zero attached hydrogens (tertiary/aromatic N) is 1. The minimum absolute atomic E-state index is 0.415. The summed E-state index contributed by atoms with van der Waals surface area (Å²) in [5.41, 5.74) is 1.45. The molecule has 16 heavy (non-hydrogen) atoms. The number of pyridine rings is 1. The zero-order chi connectivity index (χ0) is 11.7. The molecule has 1 heterocycles. The summed E-state index contributed by atoms with van der Waals surface area (Å²) in [6, 6.07) is 5.43. The minimum Gasteiger partial charge on any atom is -0.378 e. The van der Waals surface area contributed by atoms with Gasteiger partial charge in [-0.05, 0) is 18.2 Å². The Hall–Kier alpha value is -0.350. The van der Waals surface area contributed by atoms with Crippen molar-refractivity contribution >= 4 is 50.0 Å². The molecule has 2 nitrogen and oxygen atoms in total. The van der Waals surface area contributed by atoms with Crippen molar-refractivity contribution in [3.8, 4) is 0 Å². The van der Waals surface area contributed by atoms with Crippen molar-refractivity contribution < 1.29 is 4.74 Å². The lowest BCUT2D eigenvalue weighted by Crippen LogP contribution is -1.94. The SMILES string of the molecule is COCc1cc(Cl)c2c(Br)ccc(Cl)c2n1. The smallest absolute Gasteiger partial charge is 0.0918 e. The highest BCUT2D eigenvalue weighted by molar-refractivity contribution is 9.10. The number of hydrogen-bond donors (Lipinski definition) is 0. The van der Waals surface area contributed by atoms with Crippen molar-refractivity contribution in [2.75, 3.05) is 7.11 Å². The van der Waals surface area contributed by atoms with Crippen LogP contribution in [0.4, 0.5) is 0 Å². The fraction of sp³-hybridized carbons (Fsp3) is 0.182. The highest BCUT2D eigenvalue weighted by Gasteiger charge is 2.10. The van der Waals surface area contributed by atoms with Crippen molar-refractivity contribution in [1.82, 2.24) is 4.98 Å². The van der Waals surface area contributed by atoms with Gasteiger partial charge in [-0.2, -0.15) is 0 Å². The van der Waals surface area contributed by atoms with Gasteiger partial charge in [-0.25, -0.2) is 4.98 Å². The third-order valence-corrected chi connectivity index (χ3v) is 3.42. The highest BCUT2D eigenvalue weighted by Crippen LogP contribution is 2.34. The second kappa shape index (κ2) is 4.88. The maximum absolute atomic E-state index is 6.19. The Morgan fingerprint density at radius 1 is 1.31 bits per heavy atom. The van der Waals surface area contributed by atoms with Crippen LogP contribution >= 0.6 is 39.1 Å². The molecule has 0 radical (unpaired) electrons. The Morgan fingerprint density at radius 2 is 2.06 bits per heavy atom. The molecule has 0 amide bonds. The number of rotatable bonds is 2. The van der Waals surface area contributed by atoms with Crippen LogP contribution in [-0.2, 0) is 11.3 Å². The van der Waals surface area contributed by atoms with Gasteiger partial charge in [0.05, 0.1) is 27.9 Å². The van der Waals surface area contributed by atoms with Gasteiger partial charge in [0.15, 0.2) is 0 Å². The third kappa shape index (κ3) is 2.18. The summed E-state index contributed by atoms with van der Waals surface area (Å²) in [6.45, 7) is 0.415. The summed E-state index contributed by atoms with van der Waals surface area (Å²) in [4.78, 5) is 4.41. The summed E-state index contributed by atoms with van der Waals surface area (Å²) in [6.07, 6.45) is 0. The van der Waals surface area contributed by atoms with Gasteiger partial charge in [-0.15, -0.1) is 0 Å². The fourth-order valence-corrected chi connectivity index (χ4v) is 2.66. The number of halogens is 3. The normalized spacial score (nSPS) is 11.0. The van der Waals surface area contributed by atoms with Gasteiger partial charge in [0.25, 0.3) is 0 Å². The summed E-state index contributed by atoms with van der Waals surface area (Å²) >= 11 is 15.7. The molecule has 2 aromatic rings. The second-order valence-corrected chi connectivity index (χ2v) is 4.95. The number of ether oxygens (including phenoxy) is 1. The summed E-state index contributed by atoms with van der Waals surface area (Å²) in [5, 5.41) is 2.03. The van der Waals surface area contributed by atoms with E-state index in [1.807, 2.05) is 6.07 Å². The van der Waals surface area contributed by atoms with Crippen LogP contribution in [0.25, 0.3) is 10.9 Å². The Labute approximate surface area is 112 Å². The molecule has 0 atom stereocenters. The summed E-state index contributed by atoms with van der Waals surface area (Å²) < 4.78 is 5.91. The lowest BCUT2D eigenvalue weighted by Gasteiger charge is -2.07. The highest BCUT2D eigenvalue weighted by atomic mass is 79.9. The molecule has 1 aromatic heterocycles. The first-order chi connectivity index (χ1) is 7.63. The zero-order valence-electron chi connectivity index (χ0n) is 8.43. The van der Waals surface area contributed by atoms with Gasteiger partial charge < -0.3 is 4.74 Å². The van der Waals surface area contributed by atoms with E-state index in [9.17, 15) is 0 Å². The van der Waals surface area contributed by atoms with Crippen LogP contribution < -0.4 is 0 Å². The molecule has 1 aromatic carbocycles. The molecule has 0 saturated carbocycles. The van der Waals surface area contributed by atoms with Gasteiger partial charge in [-0.3, -0.25) is 0 Å². The molecule has 2 rings (SSSR count). The summed E-state index contributed by atoms with van der Waals surface area (Å²) in [7, 11) is 1.61. The van der Waals surface area contributed by atoms with E-state index in [2.05, 4.69) is 20.9 Å². The molecule has 0 aliphatic carbocycles. The van der Waals surface area contributed by atoms with Crippen molar-refractivity contribution in [1.29, 1.82) is 0 Å². The van der Waals surface area contributed by atoms with Crippen molar-refractivity contribution in [2.24, 2.45) is 0 Å². The lowest BCUT2D eigenvalue weighted by atomic mass is 10.2. The Bertz CT molecular complexity index is 545. The fourth-order valence-electron chi connectivity index (χ4n) is 1.49. The first-order valence-corrected chi connectivity index (χ1v) is 6.10. The van der Waals surface area contributed by atoms with Gasteiger partial charge in [0, 0.05) is 17.0 Å². The molecule has 0 aliphatic rings. The quantitative estimate of drug-likeness (QED) is 0.815. The van der Waals surface area contributed by atoms with Gasteiger partial charge in [-0.1, -0.05) is 39.1 Å². The van der Waals surface area contributed by atoms with Crippen LogP contribution in [0.3, 0.4) is 0 Å². The van der Waals surface area contributed by atoms with Gasteiger partial charge in [0.2, 0.25) is 0 Å². The number of hydrogen-bond acceptors (Lipinski definition) is 2. The lowest BCUT2D eigenvalue weighted by molar-refractivity contribution is 0.182. The predicted molar refractivity (Wildman–Crippen MR) is 70.2 cm³/mol. The van der Waals surface area contributed by atoms with E-state index in [1.54, 1.807) is 19.2 Å². The average molecular weight is 321 g/mol. The molecule has 0 unspecified atom stereocenters. The van der Waals surface area contributed by atoms with Gasteiger partial charge >= 0.3 is 0 Å². The van der Waals surface area contributed by atoms with E-state index in [0.29, 0.717) is 22.2 Å². The van der Waals surface area contributed by atoms with Crippen molar-refractivity contribution in [3.63, 3.8) is 0 Å². The Morgan fingerprint density at radius 3 is 2.75 bits per heavy atom. The van der Waals surface area contributed by atoms with Crippen LogP contribution in [0.2, 0.25) is 10.0 Å². The number of fused-ring (bicyclic) bond motifs is 1. The topological polar surface area (TPSA) is 22.1 Å². The van der Waals surface area contributed by atoms with E-state index in [-0.39, 0.29) is 0 Å². The van der Waals surface area contributed by atoms with E-state index in [0.717, 1.165) is 15.6 Å². The Balaban J connectivity index is 2.76. The molecule has 0 fully saturated rings. The molecule has 0 bridgehead atoms. The van der Waals surface area contributed by atoms with E-state index in [4.69, 9.17) is 27.9 Å².